The topological polar surface area (TPSA) is 61.0 Å². The van der Waals surface area contributed by atoms with Crippen LogP contribution in [-0.4, -0.2) is 9.97 Å². The van der Waals surface area contributed by atoms with Crippen molar-refractivity contribution in [3.8, 4) is 11.5 Å². The van der Waals surface area contributed by atoms with E-state index in [0.29, 0.717) is 0 Å². The number of fused-ring (bicyclic) bond motifs is 1. The molecule has 0 amide bonds. The van der Waals surface area contributed by atoms with E-state index in [0.717, 1.165) is 33.7 Å². The summed E-state index contributed by atoms with van der Waals surface area (Å²) in [5.74, 6) is 1.54. The summed E-state index contributed by atoms with van der Waals surface area (Å²) < 4.78 is 5.86. The predicted octanol–water partition coefficient (Wildman–Crippen LogP) is 3.31. The highest BCUT2D eigenvalue weighted by Crippen LogP contribution is 2.28. The fourth-order valence-corrected chi connectivity index (χ4v) is 1.93. The second kappa shape index (κ2) is 4.57. The van der Waals surface area contributed by atoms with Crippen LogP contribution in [0.3, 0.4) is 0 Å². The molecule has 0 atom stereocenters. The third-order valence-corrected chi connectivity index (χ3v) is 2.91. The maximum Gasteiger partial charge on any atom is 0.130 e. The molecular formula is C15H13N3O. The molecular weight excluding hydrogens is 238 g/mol. The Hall–Kier alpha value is -2.62. The zero-order chi connectivity index (χ0) is 13.2. The van der Waals surface area contributed by atoms with E-state index in [1.807, 2.05) is 43.3 Å². The van der Waals surface area contributed by atoms with Gasteiger partial charge >= 0.3 is 0 Å². The van der Waals surface area contributed by atoms with Gasteiger partial charge in [0.1, 0.15) is 17.8 Å². The van der Waals surface area contributed by atoms with Gasteiger partial charge in [0, 0.05) is 23.3 Å². The SMILES string of the molecule is Cc1cc(N)ccc1Oc1ccc2cncnc2c1. The lowest BCUT2D eigenvalue weighted by Crippen LogP contribution is -1.91. The highest BCUT2D eigenvalue weighted by Gasteiger charge is 2.03. The summed E-state index contributed by atoms with van der Waals surface area (Å²) in [6.45, 7) is 1.97. The number of rotatable bonds is 2. The normalized spacial score (nSPS) is 10.6. The second-order valence-corrected chi connectivity index (χ2v) is 4.37. The van der Waals surface area contributed by atoms with Crippen LogP contribution in [0.4, 0.5) is 5.69 Å². The molecule has 19 heavy (non-hydrogen) atoms. The Labute approximate surface area is 110 Å². The van der Waals surface area contributed by atoms with Gasteiger partial charge in [0.2, 0.25) is 0 Å². The number of anilines is 1. The first-order valence-electron chi connectivity index (χ1n) is 5.96. The third kappa shape index (κ3) is 2.33. The number of aromatic nitrogens is 2. The number of nitrogens with two attached hydrogens (primary N) is 1. The molecule has 0 aliphatic carbocycles. The first kappa shape index (κ1) is 11.5. The van der Waals surface area contributed by atoms with Crippen molar-refractivity contribution >= 4 is 16.6 Å². The zero-order valence-corrected chi connectivity index (χ0v) is 10.5. The van der Waals surface area contributed by atoms with E-state index in [4.69, 9.17) is 10.5 Å². The van der Waals surface area contributed by atoms with Gasteiger partial charge in [-0.3, -0.25) is 0 Å². The summed E-state index contributed by atoms with van der Waals surface area (Å²) in [5, 5.41) is 0.990. The Morgan fingerprint density at radius 1 is 1.11 bits per heavy atom. The summed E-state index contributed by atoms with van der Waals surface area (Å²) in [5.41, 5.74) is 8.32. The molecule has 4 nitrogen and oxygen atoms in total. The fourth-order valence-electron chi connectivity index (χ4n) is 1.93. The van der Waals surface area contributed by atoms with Crippen molar-refractivity contribution in [1.29, 1.82) is 0 Å². The Morgan fingerprint density at radius 2 is 2.00 bits per heavy atom. The molecule has 2 N–H and O–H groups in total. The van der Waals surface area contributed by atoms with Gasteiger partial charge in [0.05, 0.1) is 5.52 Å². The maximum atomic E-state index is 5.86. The van der Waals surface area contributed by atoms with E-state index in [-0.39, 0.29) is 0 Å². The van der Waals surface area contributed by atoms with Crippen molar-refractivity contribution < 1.29 is 4.74 Å². The highest BCUT2D eigenvalue weighted by molar-refractivity contribution is 5.78. The molecule has 0 saturated heterocycles. The van der Waals surface area contributed by atoms with Gasteiger partial charge in [-0.2, -0.15) is 0 Å². The lowest BCUT2D eigenvalue weighted by molar-refractivity contribution is 0.479. The van der Waals surface area contributed by atoms with E-state index in [1.165, 1.54) is 6.33 Å². The predicted molar refractivity (Wildman–Crippen MR) is 75.2 cm³/mol. The molecule has 4 heteroatoms. The number of aryl methyl sites for hydroxylation is 1. The minimum atomic E-state index is 0.733. The first-order chi connectivity index (χ1) is 9.22. The molecule has 3 rings (SSSR count). The smallest absolute Gasteiger partial charge is 0.130 e. The van der Waals surface area contributed by atoms with Gasteiger partial charge < -0.3 is 10.5 Å². The van der Waals surface area contributed by atoms with Crippen LogP contribution in [-0.2, 0) is 0 Å². The summed E-state index contributed by atoms with van der Waals surface area (Å²) in [7, 11) is 0. The van der Waals surface area contributed by atoms with Crippen molar-refractivity contribution in [2.75, 3.05) is 5.73 Å². The molecule has 0 saturated carbocycles. The summed E-state index contributed by atoms with van der Waals surface area (Å²) in [4.78, 5) is 8.19. The van der Waals surface area contributed by atoms with E-state index >= 15 is 0 Å². The standard InChI is InChI=1S/C15H13N3O/c1-10-6-12(16)3-5-15(10)19-13-4-2-11-8-17-9-18-14(11)7-13/h2-9H,16H2,1H3. The average Bonchev–Trinajstić information content (AvgIpc) is 2.42. The van der Waals surface area contributed by atoms with E-state index in [1.54, 1.807) is 6.20 Å². The molecule has 0 fully saturated rings. The van der Waals surface area contributed by atoms with Gasteiger partial charge in [-0.1, -0.05) is 0 Å². The lowest BCUT2D eigenvalue weighted by atomic mass is 10.2. The van der Waals surface area contributed by atoms with Crippen LogP contribution in [0.1, 0.15) is 5.56 Å². The molecule has 0 bridgehead atoms. The third-order valence-electron chi connectivity index (χ3n) is 2.91. The molecule has 0 radical (unpaired) electrons. The molecule has 3 aromatic rings. The summed E-state index contributed by atoms with van der Waals surface area (Å²) in [6, 6.07) is 11.3. The fraction of sp³-hybridized carbons (Fsp3) is 0.0667. The molecule has 1 aromatic heterocycles. The van der Waals surface area contributed by atoms with Crippen LogP contribution < -0.4 is 10.5 Å². The molecule has 0 spiro atoms. The number of ether oxygens (including phenoxy) is 1. The average molecular weight is 251 g/mol. The van der Waals surface area contributed by atoms with Crippen LogP contribution in [0, 0.1) is 6.92 Å². The monoisotopic (exact) mass is 251 g/mol. The lowest BCUT2D eigenvalue weighted by Gasteiger charge is -2.09. The van der Waals surface area contributed by atoms with Gasteiger partial charge in [-0.05, 0) is 42.8 Å². The first-order valence-corrected chi connectivity index (χ1v) is 5.96. The van der Waals surface area contributed by atoms with E-state index in [2.05, 4.69) is 9.97 Å². The van der Waals surface area contributed by atoms with Crippen molar-refractivity contribution in [3.05, 3.63) is 54.5 Å². The van der Waals surface area contributed by atoms with Gasteiger partial charge in [-0.15, -0.1) is 0 Å². The van der Waals surface area contributed by atoms with Crippen LogP contribution in [0.25, 0.3) is 10.9 Å². The van der Waals surface area contributed by atoms with Gasteiger partial charge in [0.15, 0.2) is 0 Å². The minimum Gasteiger partial charge on any atom is -0.457 e. The Bertz CT molecular complexity index is 740. The van der Waals surface area contributed by atoms with Crippen molar-refractivity contribution in [3.63, 3.8) is 0 Å². The van der Waals surface area contributed by atoms with Crippen molar-refractivity contribution in [2.45, 2.75) is 6.92 Å². The molecule has 2 aromatic carbocycles. The van der Waals surface area contributed by atoms with Crippen LogP contribution in [0.5, 0.6) is 11.5 Å². The molecule has 0 unspecified atom stereocenters. The van der Waals surface area contributed by atoms with Crippen LogP contribution >= 0.6 is 0 Å². The van der Waals surface area contributed by atoms with E-state index < -0.39 is 0 Å². The van der Waals surface area contributed by atoms with Gasteiger partial charge in [0.25, 0.3) is 0 Å². The zero-order valence-electron chi connectivity index (χ0n) is 10.5. The van der Waals surface area contributed by atoms with Crippen LogP contribution in [0.15, 0.2) is 48.9 Å². The van der Waals surface area contributed by atoms with Crippen LogP contribution in [0.2, 0.25) is 0 Å². The molecule has 0 aliphatic rings. The Balaban J connectivity index is 1.96. The maximum absolute atomic E-state index is 5.86. The highest BCUT2D eigenvalue weighted by atomic mass is 16.5. The van der Waals surface area contributed by atoms with E-state index in [9.17, 15) is 0 Å². The quantitative estimate of drug-likeness (QED) is 0.710. The Kier molecular flexibility index (Phi) is 2.76. The summed E-state index contributed by atoms with van der Waals surface area (Å²) in [6.07, 6.45) is 3.31. The Morgan fingerprint density at radius 3 is 2.84 bits per heavy atom. The summed E-state index contributed by atoms with van der Waals surface area (Å²) >= 11 is 0. The molecule has 0 aliphatic heterocycles. The number of hydrogen-bond acceptors (Lipinski definition) is 4. The second-order valence-electron chi connectivity index (χ2n) is 4.37. The minimum absolute atomic E-state index is 0.733. The number of hydrogen-bond donors (Lipinski definition) is 1. The van der Waals surface area contributed by atoms with Gasteiger partial charge in [-0.25, -0.2) is 9.97 Å². The number of nitrogen functional groups attached to an aromatic ring is 1. The van der Waals surface area contributed by atoms with Crippen molar-refractivity contribution in [2.24, 2.45) is 0 Å². The van der Waals surface area contributed by atoms with Crippen molar-refractivity contribution in [1.82, 2.24) is 9.97 Å². The number of benzene rings is 2. The molecule has 94 valence electrons. The molecule has 1 heterocycles. The largest absolute Gasteiger partial charge is 0.457 e. The number of nitrogens with zero attached hydrogens (tertiary/aromatic N) is 2.